The lowest BCUT2D eigenvalue weighted by atomic mass is 9.94. The number of hydrogen-bond donors (Lipinski definition) is 3. The summed E-state index contributed by atoms with van der Waals surface area (Å²) >= 11 is 0. The van der Waals surface area contributed by atoms with Crippen LogP contribution in [0.25, 0.3) is 33.3 Å². The summed E-state index contributed by atoms with van der Waals surface area (Å²) in [6, 6.07) is 17.7. The van der Waals surface area contributed by atoms with Crippen molar-refractivity contribution < 1.29 is 9.53 Å². The fourth-order valence-corrected chi connectivity index (χ4v) is 4.94. The zero-order valence-corrected chi connectivity index (χ0v) is 21.5. The van der Waals surface area contributed by atoms with Crippen molar-refractivity contribution in [2.75, 3.05) is 39.4 Å². The molecule has 5 rings (SSSR count). The number of rotatable bonds is 8. The van der Waals surface area contributed by atoms with Gasteiger partial charge in [-0.1, -0.05) is 38.1 Å². The van der Waals surface area contributed by atoms with Gasteiger partial charge in [0.2, 0.25) is 0 Å². The highest BCUT2D eigenvalue weighted by molar-refractivity contribution is 6.07. The summed E-state index contributed by atoms with van der Waals surface area (Å²) in [6.45, 7) is 9.36. The van der Waals surface area contributed by atoms with E-state index in [4.69, 9.17) is 4.74 Å². The van der Waals surface area contributed by atoms with E-state index < -0.39 is 0 Å². The van der Waals surface area contributed by atoms with Gasteiger partial charge in [0.15, 0.2) is 0 Å². The molecule has 1 saturated heterocycles. The molecule has 3 heterocycles. The molecule has 0 aliphatic carbocycles. The molecule has 1 aliphatic heterocycles. The van der Waals surface area contributed by atoms with Crippen LogP contribution in [0.4, 0.5) is 0 Å². The number of fused-ring (bicyclic) bond motifs is 1. The normalized spacial score (nSPS) is 14.4. The Bertz CT molecular complexity index is 1450. The molecule has 2 aromatic heterocycles. The number of morpholine rings is 1. The first-order valence-corrected chi connectivity index (χ1v) is 13.0. The van der Waals surface area contributed by atoms with Crippen LogP contribution in [-0.4, -0.2) is 60.2 Å². The number of H-pyrrole nitrogens is 2. The van der Waals surface area contributed by atoms with E-state index in [1.54, 1.807) is 6.20 Å². The van der Waals surface area contributed by atoms with Gasteiger partial charge in [0.25, 0.3) is 11.5 Å². The first-order valence-electron chi connectivity index (χ1n) is 13.0. The van der Waals surface area contributed by atoms with Crippen LogP contribution in [0.2, 0.25) is 0 Å². The number of ether oxygens (including phenoxy) is 1. The summed E-state index contributed by atoms with van der Waals surface area (Å²) in [5.41, 5.74) is 5.80. The maximum absolute atomic E-state index is 13.1. The summed E-state index contributed by atoms with van der Waals surface area (Å²) in [4.78, 5) is 34.4. The fourth-order valence-electron chi connectivity index (χ4n) is 4.94. The first-order chi connectivity index (χ1) is 18.0. The number of aromatic nitrogens is 2. The topological polar surface area (TPSA) is 90.2 Å². The SMILES string of the molecule is CC(C)c1cccc(-c2c(-c3ccc[nH]c3=O)[nH]c3ccc(C(=O)NCCCN4CCOCC4)cc23)c1. The van der Waals surface area contributed by atoms with Crippen LogP contribution in [0, 0.1) is 0 Å². The number of benzene rings is 2. The van der Waals surface area contributed by atoms with E-state index in [-0.39, 0.29) is 11.5 Å². The summed E-state index contributed by atoms with van der Waals surface area (Å²) in [5.74, 6) is 0.276. The number of nitrogens with one attached hydrogen (secondary N) is 3. The Kier molecular flexibility index (Phi) is 7.53. The van der Waals surface area contributed by atoms with Crippen molar-refractivity contribution in [1.29, 1.82) is 0 Å². The Morgan fingerprint density at radius 3 is 2.70 bits per heavy atom. The Morgan fingerprint density at radius 2 is 1.92 bits per heavy atom. The van der Waals surface area contributed by atoms with Crippen molar-refractivity contribution >= 4 is 16.8 Å². The first kappa shape index (κ1) is 25.0. The second kappa shape index (κ2) is 11.2. The molecule has 37 heavy (non-hydrogen) atoms. The van der Waals surface area contributed by atoms with Crippen LogP contribution >= 0.6 is 0 Å². The molecule has 1 aliphatic rings. The lowest BCUT2D eigenvalue weighted by molar-refractivity contribution is 0.0374. The highest BCUT2D eigenvalue weighted by Crippen LogP contribution is 2.38. The lowest BCUT2D eigenvalue weighted by Crippen LogP contribution is -2.38. The molecule has 3 N–H and O–H groups in total. The predicted octanol–water partition coefficient (Wildman–Crippen LogP) is 4.77. The van der Waals surface area contributed by atoms with Gasteiger partial charge in [0.1, 0.15) is 0 Å². The third-order valence-corrected chi connectivity index (χ3v) is 7.03. The number of carbonyl (C=O) groups excluding carboxylic acids is 1. The minimum absolute atomic E-state index is 0.0916. The summed E-state index contributed by atoms with van der Waals surface area (Å²) in [5, 5.41) is 3.99. The summed E-state index contributed by atoms with van der Waals surface area (Å²) in [6.07, 6.45) is 2.53. The maximum atomic E-state index is 13.1. The van der Waals surface area contributed by atoms with Gasteiger partial charge in [-0.25, -0.2) is 0 Å². The third kappa shape index (κ3) is 5.53. The minimum Gasteiger partial charge on any atom is -0.379 e. The molecule has 1 fully saturated rings. The van der Waals surface area contributed by atoms with Crippen molar-refractivity contribution in [3.05, 3.63) is 82.3 Å². The average Bonchev–Trinajstić information content (AvgIpc) is 3.30. The van der Waals surface area contributed by atoms with Crippen LogP contribution in [0.15, 0.2) is 65.6 Å². The van der Waals surface area contributed by atoms with Crippen LogP contribution in [0.1, 0.15) is 42.1 Å². The molecule has 4 aromatic rings. The fraction of sp³-hybridized carbons (Fsp3) is 0.333. The number of hydrogen-bond acceptors (Lipinski definition) is 4. The van der Waals surface area contributed by atoms with E-state index in [9.17, 15) is 9.59 Å². The molecule has 1 amide bonds. The zero-order chi connectivity index (χ0) is 25.8. The summed E-state index contributed by atoms with van der Waals surface area (Å²) in [7, 11) is 0. The molecule has 192 valence electrons. The van der Waals surface area contributed by atoms with Gasteiger partial charge in [-0.3, -0.25) is 14.5 Å². The van der Waals surface area contributed by atoms with Crippen LogP contribution < -0.4 is 10.9 Å². The predicted molar refractivity (Wildman–Crippen MR) is 148 cm³/mol. The van der Waals surface area contributed by atoms with E-state index in [2.05, 4.69) is 52.2 Å². The molecule has 7 heteroatoms. The average molecular weight is 499 g/mol. The molecule has 0 atom stereocenters. The van der Waals surface area contributed by atoms with Gasteiger partial charge in [-0.05, 0) is 60.3 Å². The van der Waals surface area contributed by atoms with E-state index in [1.165, 1.54) is 5.56 Å². The molecule has 0 bridgehead atoms. The monoisotopic (exact) mass is 498 g/mol. The molecule has 0 saturated carbocycles. The van der Waals surface area contributed by atoms with Crippen molar-refractivity contribution in [1.82, 2.24) is 20.2 Å². The molecule has 0 unspecified atom stereocenters. The van der Waals surface area contributed by atoms with Crippen molar-refractivity contribution in [3.8, 4) is 22.4 Å². The Hall–Kier alpha value is -3.68. The van der Waals surface area contributed by atoms with Gasteiger partial charge in [-0.15, -0.1) is 0 Å². The van der Waals surface area contributed by atoms with Crippen molar-refractivity contribution in [3.63, 3.8) is 0 Å². The number of nitrogens with zero attached hydrogens (tertiary/aromatic N) is 1. The quantitative estimate of drug-likeness (QED) is 0.306. The van der Waals surface area contributed by atoms with Gasteiger partial charge in [0.05, 0.1) is 24.5 Å². The Morgan fingerprint density at radius 1 is 1.08 bits per heavy atom. The molecular formula is C30H34N4O3. The smallest absolute Gasteiger partial charge is 0.257 e. The largest absolute Gasteiger partial charge is 0.379 e. The standard InChI is InChI=1S/C30H34N4O3/c1-20(2)21-6-3-7-22(18-21)27-25-19-23(29(35)31-12-5-13-34-14-16-37-17-15-34)9-10-26(25)33-28(27)24-8-4-11-32-30(24)36/h3-4,6-11,18-20,33H,5,12-17H2,1-2H3,(H,31,35)(H,32,36). The third-order valence-electron chi connectivity index (χ3n) is 7.03. The van der Waals surface area contributed by atoms with Crippen molar-refractivity contribution in [2.45, 2.75) is 26.2 Å². The number of amides is 1. The highest BCUT2D eigenvalue weighted by Gasteiger charge is 2.19. The van der Waals surface area contributed by atoms with Gasteiger partial charge in [0, 0.05) is 47.9 Å². The maximum Gasteiger partial charge on any atom is 0.257 e. The molecule has 2 aromatic carbocycles. The number of pyridine rings is 1. The van der Waals surface area contributed by atoms with Crippen LogP contribution in [0.5, 0.6) is 0 Å². The number of carbonyl (C=O) groups is 1. The molecule has 7 nitrogen and oxygen atoms in total. The van der Waals surface area contributed by atoms with E-state index in [1.807, 2.05) is 36.4 Å². The Labute approximate surface area is 216 Å². The highest BCUT2D eigenvalue weighted by atomic mass is 16.5. The van der Waals surface area contributed by atoms with E-state index in [0.29, 0.717) is 23.6 Å². The molecule has 0 radical (unpaired) electrons. The van der Waals surface area contributed by atoms with E-state index >= 15 is 0 Å². The van der Waals surface area contributed by atoms with Gasteiger partial charge < -0.3 is 20.0 Å². The Balaban J connectivity index is 1.47. The molecular weight excluding hydrogens is 464 g/mol. The van der Waals surface area contributed by atoms with Crippen LogP contribution in [-0.2, 0) is 4.74 Å². The zero-order valence-electron chi connectivity index (χ0n) is 21.5. The van der Waals surface area contributed by atoms with Crippen molar-refractivity contribution in [2.24, 2.45) is 0 Å². The summed E-state index contributed by atoms with van der Waals surface area (Å²) < 4.78 is 5.40. The minimum atomic E-state index is -0.159. The van der Waals surface area contributed by atoms with Gasteiger partial charge in [-0.2, -0.15) is 0 Å². The number of aromatic amines is 2. The molecule has 0 spiro atoms. The van der Waals surface area contributed by atoms with Crippen LogP contribution in [0.3, 0.4) is 0 Å². The second-order valence-electron chi connectivity index (χ2n) is 9.89. The second-order valence-corrected chi connectivity index (χ2v) is 9.89. The van der Waals surface area contributed by atoms with E-state index in [0.717, 1.165) is 67.0 Å². The lowest BCUT2D eigenvalue weighted by Gasteiger charge is -2.26. The van der Waals surface area contributed by atoms with Gasteiger partial charge >= 0.3 is 0 Å².